The van der Waals surface area contributed by atoms with Crippen LogP contribution >= 0.6 is 12.2 Å². The molecule has 18 heavy (non-hydrogen) atoms. The zero-order chi connectivity index (χ0) is 13.4. The molecule has 1 saturated carbocycles. The number of nitrogens with zero attached hydrogens (tertiary/aromatic N) is 1. The highest BCUT2D eigenvalue weighted by Crippen LogP contribution is 2.50. The van der Waals surface area contributed by atoms with E-state index in [1.807, 2.05) is 0 Å². The lowest BCUT2D eigenvalue weighted by atomic mass is 9.75. The van der Waals surface area contributed by atoms with Gasteiger partial charge in [0.05, 0.1) is 4.99 Å². The van der Waals surface area contributed by atoms with E-state index in [1.54, 1.807) is 0 Å². The highest BCUT2D eigenvalue weighted by Gasteiger charge is 2.44. The Balaban J connectivity index is 1.79. The molecule has 2 fully saturated rings. The summed E-state index contributed by atoms with van der Waals surface area (Å²) in [6.07, 6.45) is 6.31. The molecule has 0 spiro atoms. The second-order valence-corrected chi connectivity index (χ2v) is 8.08. The highest BCUT2D eigenvalue weighted by molar-refractivity contribution is 7.80. The van der Waals surface area contributed by atoms with Gasteiger partial charge >= 0.3 is 0 Å². The third-order valence-electron chi connectivity index (χ3n) is 4.88. The highest BCUT2D eigenvalue weighted by atomic mass is 32.1. The molecule has 2 rings (SSSR count). The molecule has 1 heterocycles. The molecule has 0 radical (unpaired) electrons. The van der Waals surface area contributed by atoms with E-state index in [0.29, 0.717) is 15.8 Å². The van der Waals surface area contributed by atoms with Crippen LogP contribution in [0.1, 0.15) is 52.9 Å². The Kier molecular flexibility index (Phi) is 4.03. The number of nitrogens with two attached hydrogens (primary N) is 1. The predicted molar refractivity (Wildman–Crippen MR) is 81.7 cm³/mol. The molecule has 0 aromatic carbocycles. The largest absolute Gasteiger partial charge is 0.393 e. The summed E-state index contributed by atoms with van der Waals surface area (Å²) in [6.45, 7) is 10.9. The first-order valence-electron chi connectivity index (χ1n) is 7.31. The van der Waals surface area contributed by atoms with Crippen LogP contribution in [0.15, 0.2) is 0 Å². The number of thiocarbonyl (C=S) groups is 1. The summed E-state index contributed by atoms with van der Waals surface area (Å²) in [6, 6.07) is 0. The van der Waals surface area contributed by atoms with Crippen molar-refractivity contribution in [3.8, 4) is 0 Å². The van der Waals surface area contributed by atoms with Crippen LogP contribution in [-0.2, 0) is 0 Å². The van der Waals surface area contributed by atoms with Crippen molar-refractivity contribution in [1.29, 1.82) is 0 Å². The summed E-state index contributed by atoms with van der Waals surface area (Å²) in [5.74, 6) is 0.888. The Hall–Kier alpha value is -0.150. The van der Waals surface area contributed by atoms with Gasteiger partial charge in [0, 0.05) is 13.0 Å². The zero-order valence-electron chi connectivity index (χ0n) is 12.2. The van der Waals surface area contributed by atoms with Crippen molar-refractivity contribution in [1.82, 2.24) is 4.90 Å². The van der Waals surface area contributed by atoms with Crippen LogP contribution in [0.2, 0.25) is 0 Å². The fourth-order valence-electron chi connectivity index (χ4n) is 3.37. The van der Waals surface area contributed by atoms with Crippen LogP contribution in [0.5, 0.6) is 0 Å². The average Bonchev–Trinajstić information content (AvgIpc) is 2.96. The van der Waals surface area contributed by atoms with Crippen LogP contribution in [-0.4, -0.2) is 29.5 Å². The first-order chi connectivity index (χ1) is 8.31. The summed E-state index contributed by atoms with van der Waals surface area (Å²) in [4.78, 5) is 3.35. The second kappa shape index (κ2) is 5.09. The summed E-state index contributed by atoms with van der Waals surface area (Å²) >= 11 is 5.08. The molecule has 1 aliphatic heterocycles. The molecule has 2 aliphatic rings. The molecule has 0 bridgehead atoms. The first-order valence-corrected chi connectivity index (χ1v) is 7.72. The monoisotopic (exact) mass is 268 g/mol. The predicted octanol–water partition coefficient (Wildman–Crippen LogP) is 3.20. The number of piperidine rings is 1. The smallest absolute Gasteiger partial charge is 0.0733 e. The van der Waals surface area contributed by atoms with E-state index in [1.165, 1.54) is 45.3 Å². The Morgan fingerprint density at radius 2 is 1.83 bits per heavy atom. The second-order valence-electron chi connectivity index (χ2n) is 7.56. The fourth-order valence-corrected chi connectivity index (χ4v) is 3.67. The lowest BCUT2D eigenvalue weighted by molar-refractivity contribution is 0.0982. The Labute approximate surface area is 117 Å². The number of rotatable bonds is 4. The van der Waals surface area contributed by atoms with Gasteiger partial charge in [-0.25, -0.2) is 0 Å². The van der Waals surface area contributed by atoms with Crippen LogP contribution in [0.4, 0.5) is 0 Å². The van der Waals surface area contributed by atoms with Crippen molar-refractivity contribution in [3.63, 3.8) is 0 Å². The Bertz CT molecular complexity index is 307. The minimum Gasteiger partial charge on any atom is -0.393 e. The van der Waals surface area contributed by atoms with Gasteiger partial charge in [-0.3, -0.25) is 0 Å². The van der Waals surface area contributed by atoms with Crippen LogP contribution in [0.3, 0.4) is 0 Å². The molecule has 1 saturated heterocycles. The van der Waals surface area contributed by atoms with E-state index in [9.17, 15) is 0 Å². The minimum absolute atomic E-state index is 0.459. The molecule has 0 aromatic heterocycles. The van der Waals surface area contributed by atoms with E-state index in [2.05, 4.69) is 25.7 Å². The maximum absolute atomic E-state index is 5.72. The SMILES string of the molecule is CC(C)(C)C1CCN(CC2(CC(N)=S)CC2)CC1. The van der Waals surface area contributed by atoms with Gasteiger partial charge in [0.15, 0.2) is 0 Å². The minimum atomic E-state index is 0.459. The quantitative estimate of drug-likeness (QED) is 0.794. The Morgan fingerprint density at radius 3 is 2.22 bits per heavy atom. The molecule has 0 aromatic rings. The molecule has 0 amide bonds. The number of hydrogen-bond donors (Lipinski definition) is 1. The molecule has 0 atom stereocenters. The van der Waals surface area contributed by atoms with Crippen molar-refractivity contribution >= 4 is 17.2 Å². The van der Waals surface area contributed by atoms with Gasteiger partial charge in [0.2, 0.25) is 0 Å². The molecular weight excluding hydrogens is 240 g/mol. The number of hydrogen-bond acceptors (Lipinski definition) is 2. The van der Waals surface area contributed by atoms with Gasteiger partial charge in [-0.1, -0.05) is 33.0 Å². The van der Waals surface area contributed by atoms with Gasteiger partial charge in [-0.15, -0.1) is 0 Å². The maximum atomic E-state index is 5.72. The van der Waals surface area contributed by atoms with Gasteiger partial charge in [-0.05, 0) is 55.5 Å². The molecular formula is C15H28N2S. The summed E-state index contributed by atoms with van der Waals surface area (Å²) < 4.78 is 0. The van der Waals surface area contributed by atoms with Crippen molar-refractivity contribution in [3.05, 3.63) is 0 Å². The van der Waals surface area contributed by atoms with Gasteiger partial charge < -0.3 is 10.6 Å². The lowest BCUT2D eigenvalue weighted by Gasteiger charge is -2.40. The van der Waals surface area contributed by atoms with Crippen molar-refractivity contribution in [2.24, 2.45) is 22.5 Å². The van der Waals surface area contributed by atoms with Crippen molar-refractivity contribution in [2.45, 2.75) is 52.9 Å². The normalized spacial score (nSPS) is 25.1. The lowest BCUT2D eigenvalue weighted by Crippen LogP contribution is -2.41. The van der Waals surface area contributed by atoms with E-state index in [4.69, 9.17) is 18.0 Å². The summed E-state index contributed by atoms with van der Waals surface area (Å²) in [5.41, 5.74) is 6.65. The van der Waals surface area contributed by atoms with Crippen LogP contribution < -0.4 is 5.73 Å². The molecule has 2 N–H and O–H groups in total. The average molecular weight is 268 g/mol. The van der Waals surface area contributed by atoms with Gasteiger partial charge in [0.25, 0.3) is 0 Å². The summed E-state index contributed by atoms with van der Waals surface area (Å²) in [5, 5.41) is 0. The van der Waals surface area contributed by atoms with E-state index in [-0.39, 0.29) is 0 Å². The van der Waals surface area contributed by atoms with Crippen molar-refractivity contribution < 1.29 is 0 Å². The maximum Gasteiger partial charge on any atom is 0.0733 e. The van der Waals surface area contributed by atoms with E-state index >= 15 is 0 Å². The number of likely N-dealkylation sites (tertiary alicyclic amines) is 1. The van der Waals surface area contributed by atoms with Crippen LogP contribution in [0.25, 0.3) is 0 Å². The Morgan fingerprint density at radius 1 is 1.28 bits per heavy atom. The fraction of sp³-hybridized carbons (Fsp3) is 0.933. The molecule has 2 nitrogen and oxygen atoms in total. The van der Waals surface area contributed by atoms with Gasteiger partial charge in [-0.2, -0.15) is 0 Å². The topological polar surface area (TPSA) is 29.3 Å². The summed E-state index contributed by atoms with van der Waals surface area (Å²) in [7, 11) is 0. The molecule has 1 aliphatic carbocycles. The molecule has 3 heteroatoms. The molecule has 0 unspecified atom stereocenters. The van der Waals surface area contributed by atoms with E-state index in [0.717, 1.165) is 12.3 Å². The van der Waals surface area contributed by atoms with Gasteiger partial charge in [0.1, 0.15) is 0 Å². The van der Waals surface area contributed by atoms with Crippen LogP contribution in [0, 0.1) is 16.7 Å². The standard InChI is InChI=1S/C15H28N2S/c1-14(2,3)12-4-8-17(9-5-12)11-15(6-7-15)10-13(16)18/h12H,4-11H2,1-3H3,(H2,16,18). The molecule has 104 valence electrons. The third kappa shape index (κ3) is 3.67. The van der Waals surface area contributed by atoms with Crippen molar-refractivity contribution in [2.75, 3.05) is 19.6 Å². The first kappa shape index (κ1) is 14.3. The van der Waals surface area contributed by atoms with E-state index < -0.39 is 0 Å². The third-order valence-corrected chi connectivity index (χ3v) is 5.02. The zero-order valence-corrected chi connectivity index (χ0v) is 13.0.